The number of hydrogen-bond acceptors (Lipinski definition) is 6. The lowest BCUT2D eigenvalue weighted by Crippen LogP contribution is -2.46. The van der Waals surface area contributed by atoms with Crippen molar-refractivity contribution in [1.82, 2.24) is 24.8 Å². The van der Waals surface area contributed by atoms with E-state index in [-0.39, 0.29) is 0 Å². The first-order valence-corrected chi connectivity index (χ1v) is 9.78. The Balaban J connectivity index is 0.00000109. The lowest BCUT2D eigenvalue weighted by Gasteiger charge is -2.29. The molecule has 7 heteroatoms. The topological polar surface area (TPSA) is 70.2 Å². The van der Waals surface area contributed by atoms with Gasteiger partial charge in [0.25, 0.3) is 0 Å². The second-order valence-corrected chi connectivity index (χ2v) is 6.79. The zero-order valence-corrected chi connectivity index (χ0v) is 17.1. The van der Waals surface area contributed by atoms with Crippen LogP contribution in [-0.4, -0.2) is 57.2 Å². The van der Waals surface area contributed by atoms with E-state index in [1.165, 1.54) is 0 Å². The Morgan fingerprint density at radius 1 is 1.21 bits per heavy atom. The summed E-state index contributed by atoms with van der Waals surface area (Å²) in [6, 6.07) is 4.01. The summed E-state index contributed by atoms with van der Waals surface area (Å²) >= 11 is 0. The average Bonchev–Trinajstić information content (AvgIpc) is 3.29. The molecule has 0 bridgehead atoms. The quantitative estimate of drug-likeness (QED) is 0.657. The van der Waals surface area contributed by atoms with Gasteiger partial charge in [-0.15, -0.1) is 13.2 Å². The van der Waals surface area contributed by atoms with Crippen LogP contribution in [0.15, 0.2) is 52.9 Å². The van der Waals surface area contributed by atoms with Crippen molar-refractivity contribution in [3.8, 4) is 0 Å². The molecule has 2 aliphatic heterocycles. The largest absolute Gasteiger partial charge is 0.357 e. The maximum atomic E-state index is 4.95. The van der Waals surface area contributed by atoms with Gasteiger partial charge in [-0.25, -0.2) is 14.5 Å². The molecule has 4 heterocycles. The molecule has 2 aliphatic rings. The van der Waals surface area contributed by atoms with Crippen molar-refractivity contribution in [2.75, 3.05) is 26.2 Å². The van der Waals surface area contributed by atoms with Crippen LogP contribution in [0.2, 0.25) is 0 Å². The highest BCUT2D eigenvalue weighted by Crippen LogP contribution is 2.24. The molecule has 0 aliphatic carbocycles. The highest BCUT2D eigenvalue weighted by molar-refractivity contribution is 6.00. The monoisotopic (exact) mass is 379 g/mol. The highest BCUT2D eigenvalue weighted by atomic mass is 15.3. The molecule has 0 aromatic carbocycles. The van der Waals surface area contributed by atoms with Gasteiger partial charge in [0, 0.05) is 32.6 Å². The maximum absolute atomic E-state index is 4.95. The fourth-order valence-electron chi connectivity index (χ4n) is 3.44. The molecule has 4 rings (SSSR count). The van der Waals surface area contributed by atoms with Gasteiger partial charge in [-0.05, 0) is 32.4 Å². The smallest absolute Gasteiger partial charge is 0.153 e. The number of fused-ring (bicyclic) bond motifs is 1. The Kier molecular flexibility index (Phi) is 6.36. The first kappa shape index (κ1) is 19.9. The van der Waals surface area contributed by atoms with Crippen LogP contribution in [0.1, 0.15) is 38.1 Å². The Hall–Kier alpha value is -2.80. The standard InChI is InChI=1S/C19H25N7.C2H4/c1-4-15(16-5-6-18-21-13(2)12-26(18)24-16)23-17-11-19(22-14(17)3)25-9-7-20-8-10-25;1-2/h5-6,12,20H,4,7-11H2,1-3H3;1-2H2. The van der Waals surface area contributed by atoms with Crippen LogP contribution in [0.3, 0.4) is 0 Å². The maximum Gasteiger partial charge on any atom is 0.153 e. The zero-order valence-electron chi connectivity index (χ0n) is 17.1. The van der Waals surface area contributed by atoms with Crippen molar-refractivity contribution in [2.45, 2.75) is 33.6 Å². The number of allylic oxidation sites excluding steroid dienone is 1. The van der Waals surface area contributed by atoms with Gasteiger partial charge in [-0.2, -0.15) is 5.10 Å². The normalized spacial score (nSPS) is 17.6. The van der Waals surface area contributed by atoms with Gasteiger partial charge in [0.15, 0.2) is 5.65 Å². The van der Waals surface area contributed by atoms with Gasteiger partial charge in [-0.1, -0.05) is 6.92 Å². The summed E-state index contributed by atoms with van der Waals surface area (Å²) < 4.78 is 1.83. The SMILES string of the molecule is C=C.CCC(=NC1=C(C)N=C(N2CCNCC2)C1)c1ccc2nc(C)cn2n1. The van der Waals surface area contributed by atoms with Crippen molar-refractivity contribution in [3.63, 3.8) is 0 Å². The molecule has 7 nitrogen and oxygen atoms in total. The van der Waals surface area contributed by atoms with Crippen LogP contribution in [-0.2, 0) is 0 Å². The van der Waals surface area contributed by atoms with E-state index >= 15 is 0 Å². The number of imidazole rings is 1. The lowest BCUT2D eigenvalue weighted by molar-refractivity contribution is 0.354. The molecule has 0 unspecified atom stereocenters. The highest BCUT2D eigenvalue weighted by Gasteiger charge is 2.22. The molecule has 2 aromatic rings. The van der Waals surface area contributed by atoms with Gasteiger partial charge in [0.2, 0.25) is 0 Å². The van der Waals surface area contributed by atoms with Crippen molar-refractivity contribution in [2.24, 2.45) is 9.98 Å². The third-order valence-corrected chi connectivity index (χ3v) is 4.86. The van der Waals surface area contributed by atoms with Crippen LogP contribution in [0.5, 0.6) is 0 Å². The summed E-state index contributed by atoms with van der Waals surface area (Å²) in [6.45, 7) is 16.2. The minimum absolute atomic E-state index is 0.807. The fraction of sp³-hybridized carbons (Fsp3) is 0.429. The number of nitrogens with zero attached hydrogens (tertiary/aromatic N) is 6. The van der Waals surface area contributed by atoms with Crippen LogP contribution >= 0.6 is 0 Å². The van der Waals surface area contributed by atoms with Gasteiger partial charge in [0.05, 0.1) is 29.0 Å². The number of aliphatic imine (C=N–C) groups is 2. The van der Waals surface area contributed by atoms with Gasteiger partial charge in [-0.3, -0.25) is 4.99 Å². The predicted octanol–water partition coefficient (Wildman–Crippen LogP) is 2.98. The number of aryl methyl sites for hydroxylation is 1. The van der Waals surface area contributed by atoms with Gasteiger partial charge >= 0.3 is 0 Å². The van der Waals surface area contributed by atoms with E-state index in [0.29, 0.717) is 0 Å². The number of piperazine rings is 1. The molecule has 0 spiro atoms. The third-order valence-electron chi connectivity index (χ3n) is 4.86. The summed E-state index contributed by atoms with van der Waals surface area (Å²) in [5, 5.41) is 8.07. The summed E-state index contributed by atoms with van der Waals surface area (Å²) in [5.74, 6) is 1.15. The predicted molar refractivity (Wildman–Crippen MR) is 115 cm³/mol. The number of rotatable bonds is 3. The van der Waals surface area contributed by atoms with Crippen LogP contribution < -0.4 is 5.32 Å². The van der Waals surface area contributed by atoms with E-state index in [1.54, 1.807) is 0 Å². The molecule has 148 valence electrons. The summed E-state index contributed by atoms with van der Waals surface area (Å²) in [7, 11) is 0. The van der Waals surface area contributed by atoms with Crippen LogP contribution in [0.25, 0.3) is 5.65 Å². The van der Waals surface area contributed by atoms with Gasteiger partial charge < -0.3 is 10.2 Å². The Bertz CT molecular complexity index is 929. The second kappa shape index (κ2) is 8.93. The second-order valence-electron chi connectivity index (χ2n) is 6.79. The average molecular weight is 380 g/mol. The van der Waals surface area contributed by atoms with E-state index < -0.39 is 0 Å². The molecule has 0 radical (unpaired) electrons. The summed E-state index contributed by atoms with van der Waals surface area (Å²) in [5.41, 5.74) is 5.79. The fourth-order valence-corrected chi connectivity index (χ4v) is 3.44. The first-order valence-electron chi connectivity index (χ1n) is 9.78. The third kappa shape index (κ3) is 4.20. The van der Waals surface area contributed by atoms with Gasteiger partial charge in [0.1, 0.15) is 11.5 Å². The van der Waals surface area contributed by atoms with E-state index in [9.17, 15) is 0 Å². The minimum atomic E-state index is 0.807. The molecular formula is C21H29N7. The molecule has 28 heavy (non-hydrogen) atoms. The molecule has 0 atom stereocenters. The zero-order chi connectivity index (χ0) is 20.1. The summed E-state index contributed by atoms with van der Waals surface area (Å²) in [4.78, 5) is 16.5. The minimum Gasteiger partial charge on any atom is -0.357 e. The van der Waals surface area contributed by atoms with E-state index in [1.807, 2.05) is 29.8 Å². The van der Waals surface area contributed by atoms with Crippen molar-refractivity contribution in [3.05, 3.63) is 54.3 Å². The number of amidine groups is 1. The van der Waals surface area contributed by atoms with Crippen LogP contribution in [0, 0.1) is 6.92 Å². The molecule has 0 amide bonds. The van der Waals surface area contributed by atoms with E-state index in [0.717, 1.165) is 79.0 Å². The number of hydrogen-bond donors (Lipinski definition) is 1. The molecule has 1 fully saturated rings. The molecule has 2 aromatic heterocycles. The molecule has 1 N–H and O–H groups in total. The Morgan fingerprint density at radius 3 is 2.68 bits per heavy atom. The lowest BCUT2D eigenvalue weighted by atomic mass is 10.2. The number of nitrogens with one attached hydrogen (secondary N) is 1. The van der Waals surface area contributed by atoms with Crippen molar-refractivity contribution < 1.29 is 0 Å². The Labute approximate surface area is 166 Å². The first-order chi connectivity index (χ1) is 13.6. The molecule has 1 saturated heterocycles. The number of aromatic nitrogens is 3. The van der Waals surface area contributed by atoms with Crippen molar-refractivity contribution >= 4 is 17.2 Å². The molecular weight excluding hydrogens is 350 g/mol. The van der Waals surface area contributed by atoms with Crippen LogP contribution in [0.4, 0.5) is 0 Å². The summed E-state index contributed by atoms with van der Waals surface area (Å²) in [6.07, 6.45) is 3.57. The Morgan fingerprint density at radius 2 is 1.96 bits per heavy atom. The van der Waals surface area contributed by atoms with E-state index in [4.69, 9.17) is 9.98 Å². The van der Waals surface area contributed by atoms with Crippen molar-refractivity contribution in [1.29, 1.82) is 0 Å². The molecule has 0 saturated carbocycles. The van der Waals surface area contributed by atoms with E-state index in [2.05, 4.69) is 47.3 Å².